The highest BCUT2D eigenvalue weighted by atomic mass is 32.2. The van der Waals surface area contributed by atoms with Crippen molar-refractivity contribution in [3.63, 3.8) is 0 Å². The molecular formula is C17H19FN2O4S. The maximum atomic E-state index is 13.1. The molecule has 0 aliphatic carbocycles. The number of methoxy groups -OCH3 is 1. The lowest BCUT2D eigenvalue weighted by Gasteiger charge is -2.24. The molecule has 0 saturated carbocycles. The van der Waals surface area contributed by atoms with Crippen molar-refractivity contribution in [2.45, 2.75) is 6.42 Å². The van der Waals surface area contributed by atoms with Gasteiger partial charge in [0.1, 0.15) is 11.6 Å². The van der Waals surface area contributed by atoms with Gasteiger partial charge in [-0.15, -0.1) is 0 Å². The highest BCUT2D eigenvalue weighted by Crippen LogP contribution is 2.29. The van der Waals surface area contributed by atoms with Crippen LogP contribution in [-0.4, -0.2) is 34.2 Å². The molecule has 0 radical (unpaired) electrons. The second kappa shape index (κ2) is 7.98. The second-order valence-corrected chi connectivity index (χ2v) is 7.22. The molecule has 1 N–H and O–H groups in total. The van der Waals surface area contributed by atoms with Crippen LogP contribution in [0.15, 0.2) is 48.5 Å². The van der Waals surface area contributed by atoms with E-state index in [4.69, 9.17) is 4.74 Å². The predicted molar refractivity (Wildman–Crippen MR) is 94.8 cm³/mol. The topological polar surface area (TPSA) is 75.7 Å². The number of anilines is 2. The number of para-hydroxylation sites is 2. The van der Waals surface area contributed by atoms with Crippen LogP contribution in [0.1, 0.15) is 6.42 Å². The number of benzene rings is 2. The normalized spacial score (nSPS) is 11.0. The molecule has 25 heavy (non-hydrogen) atoms. The second-order valence-electron chi connectivity index (χ2n) is 5.32. The van der Waals surface area contributed by atoms with E-state index < -0.39 is 21.7 Å². The first-order valence-corrected chi connectivity index (χ1v) is 9.32. The summed E-state index contributed by atoms with van der Waals surface area (Å²) in [6, 6.07) is 12.1. The summed E-state index contributed by atoms with van der Waals surface area (Å²) < 4.78 is 43.6. The lowest BCUT2D eigenvalue weighted by Crippen LogP contribution is -2.33. The molecule has 0 spiro atoms. The minimum Gasteiger partial charge on any atom is -0.495 e. The van der Waals surface area contributed by atoms with E-state index >= 15 is 0 Å². The zero-order valence-electron chi connectivity index (χ0n) is 13.9. The molecule has 0 unspecified atom stereocenters. The fourth-order valence-electron chi connectivity index (χ4n) is 2.29. The SMILES string of the molecule is COc1ccccc1N(CCC(=O)Nc1cccc(F)c1)S(C)(=O)=O. The highest BCUT2D eigenvalue weighted by Gasteiger charge is 2.21. The van der Waals surface area contributed by atoms with E-state index in [2.05, 4.69) is 5.32 Å². The number of hydrogen-bond donors (Lipinski definition) is 1. The summed E-state index contributed by atoms with van der Waals surface area (Å²) in [4.78, 5) is 12.1. The Balaban J connectivity index is 2.12. The Bertz CT molecular complexity index is 855. The van der Waals surface area contributed by atoms with Crippen LogP contribution in [0.2, 0.25) is 0 Å². The molecule has 6 nitrogen and oxygen atoms in total. The maximum Gasteiger partial charge on any atom is 0.232 e. The summed E-state index contributed by atoms with van der Waals surface area (Å²) in [6.07, 6.45) is 0.964. The Morgan fingerprint density at radius 3 is 2.56 bits per heavy atom. The van der Waals surface area contributed by atoms with Crippen molar-refractivity contribution < 1.29 is 22.3 Å². The molecule has 0 aliphatic heterocycles. The van der Waals surface area contributed by atoms with Gasteiger partial charge in [0.2, 0.25) is 15.9 Å². The molecule has 0 fully saturated rings. The zero-order chi connectivity index (χ0) is 18.4. The Morgan fingerprint density at radius 1 is 1.20 bits per heavy atom. The molecule has 0 aromatic heterocycles. The van der Waals surface area contributed by atoms with E-state index in [0.29, 0.717) is 17.1 Å². The molecule has 2 aromatic carbocycles. The third-order valence-electron chi connectivity index (χ3n) is 3.40. The minimum absolute atomic E-state index is 0.0691. The summed E-state index contributed by atoms with van der Waals surface area (Å²) in [5, 5.41) is 2.54. The van der Waals surface area contributed by atoms with Gasteiger partial charge in [-0.3, -0.25) is 9.10 Å². The van der Waals surface area contributed by atoms with E-state index in [-0.39, 0.29) is 13.0 Å². The van der Waals surface area contributed by atoms with E-state index in [0.717, 1.165) is 10.6 Å². The monoisotopic (exact) mass is 366 g/mol. The largest absolute Gasteiger partial charge is 0.495 e. The average Bonchev–Trinajstić information content (AvgIpc) is 2.54. The number of carbonyl (C=O) groups excluding carboxylic acids is 1. The number of amides is 1. The van der Waals surface area contributed by atoms with Crippen LogP contribution in [-0.2, 0) is 14.8 Å². The third kappa shape index (κ3) is 5.18. The molecule has 2 aromatic rings. The number of hydrogen-bond acceptors (Lipinski definition) is 4. The van der Waals surface area contributed by atoms with Crippen LogP contribution in [0.4, 0.5) is 15.8 Å². The molecule has 2 rings (SSSR count). The van der Waals surface area contributed by atoms with Crippen molar-refractivity contribution in [2.24, 2.45) is 0 Å². The third-order valence-corrected chi connectivity index (χ3v) is 4.58. The molecule has 0 aliphatic rings. The van der Waals surface area contributed by atoms with E-state index in [1.807, 2.05) is 0 Å². The summed E-state index contributed by atoms with van der Waals surface area (Å²) in [7, 11) is -2.17. The van der Waals surface area contributed by atoms with Gasteiger partial charge in [-0.05, 0) is 30.3 Å². The molecule has 0 atom stereocenters. The number of rotatable bonds is 7. The quantitative estimate of drug-likeness (QED) is 0.817. The van der Waals surface area contributed by atoms with Gasteiger partial charge in [-0.1, -0.05) is 18.2 Å². The van der Waals surface area contributed by atoms with E-state index in [1.165, 1.54) is 25.3 Å². The highest BCUT2D eigenvalue weighted by molar-refractivity contribution is 7.92. The fourth-order valence-corrected chi connectivity index (χ4v) is 3.22. The van der Waals surface area contributed by atoms with Crippen LogP contribution < -0.4 is 14.4 Å². The van der Waals surface area contributed by atoms with Crippen LogP contribution in [0.25, 0.3) is 0 Å². The first kappa shape index (κ1) is 18.7. The predicted octanol–water partition coefficient (Wildman–Crippen LogP) is 2.63. The Morgan fingerprint density at radius 2 is 1.92 bits per heavy atom. The summed E-state index contributed by atoms with van der Waals surface area (Å²) in [6.45, 7) is -0.0691. The van der Waals surface area contributed by atoms with Gasteiger partial charge in [0, 0.05) is 18.7 Å². The zero-order valence-corrected chi connectivity index (χ0v) is 14.7. The maximum absolute atomic E-state index is 13.1. The summed E-state index contributed by atoms with van der Waals surface area (Å²) >= 11 is 0. The van der Waals surface area contributed by atoms with Crippen molar-refractivity contribution in [2.75, 3.05) is 29.5 Å². The number of nitrogens with zero attached hydrogens (tertiary/aromatic N) is 1. The van der Waals surface area contributed by atoms with Crippen molar-refractivity contribution in [3.8, 4) is 5.75 Å². The smallest absolute Gasteiger partial charge is 0.232 e. The molecule has 8 heteroatoms. The van der Waals surface area contributed by atoms with Crippen molar-refractivity contribution in [3.05, 3.63) is 54.3 Å². The van der Waals surface area contributed by atoms with Crippen LogP contribution in [0.5, 0.6) is 5.75 Å². The number of ether oxygens (including phenoxy) is 1. The Labute approximate surface area is 146 Å². The van der Waals surface area contributed by atoms with E-state index in [9.17, 15) is 17.6 Å². The van der Waals surface area contributed by atoms with Gasteiger partial charge in [0.25, 0.3) is 0 Å². The van der Waals surface area contributed by atoms with Crippen molar-refractivity contribution >= 4 is 27.3 Å². The van der Waals surface area contributed by atoms with Crippen LogP contribution >= 0.6 is 0 Å². The van der Waals surface area contributed by atoms with Crippen molar-refractivity contribution in [1.29, 1.82) is 0 Å². The number of halogens is 1. The number of nitrogens with one attached hydrogen (secondary N) is 1. The standard InChI is InChI=1S/C17H19FN2O4S/c1-24-16-9-4-3-8-15(16)20(25(2,22)23)11-10-17(21)19-14-7-5-6-13(18)12-14/h3-9,12H,10-11H2,1-2H3,(H,19,21). The fraction of sp³-hybridized carbons (Fsp3) is 0.235. The van der Waals surface area contributed by atoms with Crippen molar-refractivity contribution in [1.82, 2.24) is 0 Å². The van der Waals surface area contributed by atoms with Gasteiger partial charge in [0.05, 0.1) is 19.1 Å². The van der Waals surface area contributed by atoms with Gasteiger partial charge in [-0.2, -0.15) is 0 Å². The van der Waals surface area contributed by atoms with Gasteiger partial charge >= 0.3 is 0 Å². The number of carbonyl (C=O) groups is 1. The molecule has 0 bridgehead atoms. The summed E-state index contributed by atoms with van der Waals surface area (Å²) in [5.74, 6) is -0.503. The Kier molecular flexibility index (Phi) is 5.97. The lowest BCUT2D eigenvalue weighted by atomic mass is 10.2. The van der Waals surface area contributed by atoms with Crippen LogP contribution in [0.3, 0.4) is 0 Å². The minimum atomic E-state index is -3.61. The van der Waals surface area contributed by atoms with Gasteiger partial charge in [-0.25, -0.2) is 12.8 Å². The molecular weight excluding hydrogens is 347 g/mol. The molecule has 0 heterocycles. The van der Waals surface area contributed by atoms with Gasteiger partial charge in [0.15, 0.2) is 0 Å². The van der Waals surface area contributed by atoms with Gasteiger partial charge < -0.3 is 10.1 Å². The first-order valence-electron chi connectivity index (χ1n) is 7.47. The van der Waals surface area contributed by atoms with Crippen LogP contribution in [0, 0.1) is 5.82 Å². The molecule has 134 valence electrons. The molecule has 0 saturated heterocycles. The Hall–Kier alpha value is -2.61. The lowest BCUT2D eigenvalue weighted by molar-refractivity contribution is -0.116. The van der Waals surface area contributed by atoms with E-state index in [1.54, 1.807) is 30.3 Å². The number of sulfonamides is 1. The summed E-state index contributed by atoms with van der Waals surface area (Å²) in [5.41, 5.74) is 0.666. The first-order chi connectivity index (χ1) is 11.8. The molecule has 1 amide bonds. The average molecular weight is 366 g/mol.